The molecular weight excluding hydrogens is 428 g/mol. The lowest BCUT2D eigenvalue weighted by atomic mass is 10.3. The van der Waals surface area contributed by atoms with Gasteiger partial charge in [0.05, 0.1) is 29.7 Å². The van der Waals surface area contributed by atoms with Gasteiger partial charge in [-0.05, 0) is 48.5 Å². The highest BCUT2D eigenvalue weighted by atomic mass is 32.2. The minimum absolute atomic E-state index is 0.0463. The van der Waals surface area contributed by atoms with Gasteiger partial charge in [0.15, 0.2) is 0 Å². The van der Waals surface area contributed by atoms with E-state index in [0.717, 1.165) is 0 Å². The number of ether oxygens (including phenoxy) is 2. The summed E-state index contributed by atoms with van der Waals surface area (Å²) in [6.07, 6.45) is 0. The fourth-order valence-electron chi connectivity index (χ4n) is 2.61. The molecule has 0 aliphatic heterocycles. The summed E-state index contributed by atoms with van der Waals surface area (Å²) >= 11 is 0. The summed E-state index contributed by atoms with van der Waals surface area (Å²) in [5.41, 5.74) is 0.447. The predicted octanol–water partition coefficient (Wildman–Crippen LogP) is 3.31. The van der Waals surface area contributed by atoms with E-state index < -0.39 is 20.0 Å². The van der Waals surface area contributed by atoms with Crippen LogP contribution in [0.2, 0.25) is 0 Å². The number of hydrogen-bond donors (Lipinski definition) is 2. The number of methoxy groups -OCH3 is 2. The molecule has 2 N–H and O–H groups in total. The third-order valence-electron chi connectivity index (χ3n) is 4.12. The van der Waals surface area contributed by atoms with Gasteiger partial charge in [0, 0.05) is 11.8 Å². The molecule has 0 radical (unpaired) electrons. The SMILES string of the molecule is COc1ccc(OC)c(NS(=O)(=O)c2ccc(NS(=O)(=O)c3ccccc3)cc2)c1. The number of sulfonamides is 2. The Hall–Kier alpha value is -3.24. The summed E-state index contributed by atoms with van der Waals surface area (Å²) in [7, 11) is -4.83. The van der Waals surface area contributed by atoms with Crippen molar-refractivity contribution in [2.45, 2.75) is 9.79 Å². The van der Waals surface area contributed by atoms with Crippen molar-refractivity contribution >= 4 is 31.4 Å². The van der Waals surface area contributed by atoms with Crippen molar-refractivity contribution in [2.75, 3.05) is 23.7 Å². The van der Waals surface area contributed by atoms with Crippen LogP contribution in [0.4, 0.5) is 11.4 Å². The van der Waals surface area contributed by atoms with Gasteiger partial charge < -0.3 is 9.47 Å². The fraction of sp³-hybridized carbons (Fsp3) is 0.100. The first-order chi connectivity index (χ1) is 14.2. The van der Waals surface area contributed by atoms with Gasteiger partial charge in [0.25, 0.3) is 20.0 Å². The fourth-order valence-corrected chi connectivity index (χ4v) is 4.75. The molecule has 0 unspecified atom stereocenters. The Morgan fingerprint density at radius 3 is 1.87 bits per heavy atom. The van der Waals surface area contributed by atoms with Crippen LogP contribution in [-0.4, -0.2) is 31.1 Å². The molecule has 3 rings (SSSR count). The van der Waals surface area contributed by atoms with E-state index in [9.17, 15) is 16.8 Å². The normalized spacial score (nSPS) is 11.5. The van der Waals surface area contributed by atoms with E-state index in [2.05, 4.69) is 9.44 Å². The predicted molar refractivity (Wildman–Crippen MR) is 114 cm³/mol. The van der Waals surface area contributed by atoms with Crippen LogP contribution in [0.3, 0.4) is 0 Å². The number of hydrogen-bond acceptors (Lipinski definition) is 6. The molecule has 0 bridgehead atoms. The summed E-state index contributed by atoms with van der Waals surface area (Å²) in [5, 5.41) is 0. The maximum atomic E-state index is 12.7. The maximum absolute atomic E-state index is 12.7. The number of rotatable bonds is 8. The largest absolute Gasteiger partial charge is 0.497 e. The lowest BCUT2D eigenvalue weighted by Crippen LogP contribution is -2.15. The van der Waals surface area contributed by atoms with Gasteiger partial charge >= 0.3 is 0 Å². The molecule has 0 amide bonds. The van der Waals surface area contributed by atoms with E-state index in [0.29, 0.717) is 11.5 Å². The molecule has 3 aromatic carbocycles. The van der Waals surface area contributed by atoms with Crippen LogP contribution >= 0.6 is 0 Å². The molecule has 3 aromatic rings. The quantitative estimate of drug-likeness (QED) is 0.547. The Morgan fingerprint density at radius 2 is 1.27 bits per heavy atom. The van der Waals surface area contributed by atoms with E-state index >= 15 is 0 Å². The summed E-state index contributed by atoms with van der Waals surface area (Å²) in [6.45, 7) is 0. The number of nitrogens with one attached hydrogen (secondary N) is 2. The molecule has 0 atom stereocenters. The zero-order valence-corrected chi connectivity index (χ0v) is 17.8. The van der Waals surface area contributed by atoms with Crippen molar-refractivity contribution in [3.8, 4) is 11.5 Å². The van der Waals surface area contributed by atoms with Crippen molar-refractivity contribution < 1.29 is 26.3 Å². The van der Waals surface area contributed by atoms with Gasteiger partial charge in [0.2, 0.25) is 0 Å². The molecule has 0 heterocycles. The van der Waals surface area contributed by atoms with Crippen molar-refractivity contribution in [1.29, 1.82) is 0 Å². The standard InChI is InChI=1S/C20H20N2O6S2/c1-27-16-10-13-20(28-2)19(14-16)22-30(25,26)18-11-8-15(9-12-18)21-29(23,24)17-6-4-3-5-7-17/h3-14,21-22H,1-2H3. The van der Waals surface area contributed by atoms with Crippen LogP contribution in [0, 0.1) is 0 Å². The molecule has 158 valence electrons. The van der Waals surface area contributed by atoms with Crippen LogP contribution in [-0.2, 0) is 20.0 Å². The van der Waals surface area contributed by atoms with E-state index in [-0.39, 0.29) is 21.2 Å². The van der Waals surface area contributed by atoms with Crippen LogP contribution in [0.25, 0.3) is 0 Å². The second-order valence-corrected chi connectivity index (χ2v) is 9.48. The third-order valence-corrected chi connectivity index (χ3v) is 6.90. The van der Waals surface area contributed by atoms with E-state index in [1.54, 1.807) is 30.3 Å². The molecule has 0 saturated heterocycles. The van der Waals surface area contributed by atoms with Gasteiger partial charge in [-0.2, -0.15) is 0 Å². The second-order valence-electron chi connectivity index (χ2n) is 6.11. The van der Waals surface area contributed by atoms with E-state index in [1.807, 2.05) is 0 Å². The van der Waals surface area contributed by atoms with Gasteiger partial charge in [-0.1, -0.05) is 18.2 Å². The van der Waals surface area contributed by atoms with Crippen molar-refractivity contribution in [3.05, 3.63) is 72.8 Å². The molecule has 0 saturated carbocycles. The Bertz CT molecular complexity index is 1230. The lowest BCUT2D eigenvalue weighted by Gasteiger charge is -2.13. The molecule has 30 heavy (non-hydrogen) atoms. The minimum atomic E-state index is -3.95. The van der Waals surface area contributed by atoms with Crippen LogP contribution < -0.4 is 18.9 Å². The van der Waals surface area contributed by atoms with E-state index in [4.69, 9.17) is 9.47 Å². The lowest BCUT2D eigenvalue weighted by molar-refractivity contribution is 0.405. The zero-order valence-electron chi connectivity index (χ0n) is 16.2. The first kappa shape index (κ1) is 21.5. The van der Waals surface area contributed by atoms with Gasteiger partial charge in [-0.15, -0.1) is 0 Å². The molecule has 10 heteroatoms. The Kier molecular flexibility index (Phi) is 6.18. The maximum Gasteiger partial charge on any atom is 0.262 e. The highest BCUT2D eigenvalue weighted by molar-refractivity contribution is 7.93. The van der Waals surface area contributed by atoms with Crippen LogP contribution in [0.1, 0.15) is 0 Å². The van der Waals surface area contributed by atoms with Crippen LogP contribution in [0.5, 0.6) is 11.5 Å². The minimum Gasteiger partial charge on any atom is -0.497 e. The molecule has 8 nitrogen and oxygen atoms in total. The Morgan fingerprint density at radius 1 is 0.667 bits per heavy atom. The number of benzene rings is 3. The first-order valence-corrected chi connectivity index (χ1v) is 11.6. The second kappa shape index (κ2) is 8.64. The molecule has 0 aliphatic rings. The Balaban J connectivity index is 1.82. The topological polar surface area (TPSA) is 111 Å². The summed E-state index contributed by atoms with van der Waals surface area (Å²) in [4.78, 5) is 0.0588. The highest BCUT2D eigenvalue weighted by Crippen LogP contribution is 2.31. The summed E-state index contributed by atoms with van der Waals surface area (Å²) in [6, 6.07) is 17.9. The molecule has 0 fully saturated rings. The molecular formula is C20H20N2O6S2. The highest BCUT2D eigenvalue weighted by Gasteiger charge is 2.18. The van der Waals surface area contributed by atoms with Crippen LogP contribution in [0.15, 0.2) is 82.6 Å². The van der Waals surface area contributed by atoms with Gasteiger partial charge in [-0.3, -0.25) is 9.44 Å². The summed E-state index contributed by atoms with van der Waals surface area (Å²) in [5.74, 6) is 0.783. The average molecular weight is 449 g/mol. The molecule has 0 aromatic heterocycles. The monoisotopic (exact) mass is 448 g/mol. The van der Waals surface area contributed by atoms with E-state index in [1.165, 1.54) is 56.7 Å². The zero-order chi connectivity index (χ0) is 21.8. The van der Waals surface area contributed by atoms with Crippen molar-refractivity contribution in [3.63, 3.8) is 0 Å². The smallest absolute Gasteiger partial charge is 0.262 e. The van der Waals surface area contributed by atoms with Crippen molar-refractivity contribution in [1.82, 2.24) is 0 Å². The molecule has 0 aliphatic carbocycles. The average Bonchev–Trinajstić information content (AvgIpc) is 2.74. The first-order valence-electron chi connectivity index (χ1n) is 8.68. The summed E-state index contributed by atoms with van der Waals surface area (Å²) < 4.78 is 65.4. The molecule has 0 spiro atoms. The Labute approximate surface area is 175 Å². The van der Waals surface area contributed by atoms with Gasteiger partial charge in [0.1, 0.15) is 11.5 Å². The van der Waals surface area contributed by atoms with Crippen molar-refractivity contribution in [2.24, 2.45) is 0 Å². The van der Waals surface area contributed by atoms with Gasteiger partial charge in [-0.25, -0.2) is 16.8 Å². The third kappa shape index (κ3) is 4.84. The number of anilines is 2.